The summed E-state index contributed by atoms with van der Waals surface area (Å²) in [6.45, 7) is 3.93. The van der Waals surface area contributed by atoms with Crippen molar-refractivity contribution in [1.29, 1.82) is 0 Å². The molecular formula is C22H26O7. The average Bonchev–Trinajstić information content (AvgIpc) is 3.29. The van der Waals surface area contributed by atoms with Gasteiger partial charge in [0.2, 0.25) is 0 Å². The highest BCUT2D eigenvalue weighted by molar-refractivity contribution is 5.78. The third-order valence-corrected chi connectivity index (χ3v) is 8.06. The molecule has 0 bridgehead atoms. The second-order valence-electron chi connectivity index (χ2n) is 9.43. The molecule has 1 aromatic heterocycles. The van der Waals surface area contributed by atoms with Crippen LogP contribution in [-0.4, -0.2) is 30.6 Å². The van der Waals surface area contributed by atoms with Crippen LogP contribution in [-0.2, 0) is 28.6 Å². The third kappa shape index (κ3) is 2.66. The molecule has 4 fully saturated rings. The fourth-order valence-electron chi connectivity index (χ4n) is 6.81. The van der Waals surface area contributed by atoms with Crippen LogP contribution in [0.2, 0.25) is 0 Å². The summed E-state index contributed by atoms with van der Waals surface area (Å²) in [5.74, 6) is -1.20. The van der Waals surface area contributed by atoms with Gasteiger partial charge in [-0.15, -0.1) is 0 Å². The second-order valence-corrected chi connectivity index (χ2v) is 9.43. The van der Waals surface area contributed by atoms with Crippen molar-refractivity contribution in [2.24, 2.45) is 28.6 Å². The predicted octanol–water partition coefficient (Wildman–Crippen LogP) is 3.19. The minimum Gasteiger partial charge on any atom is -0.472 e. The Kier molecular flexibility index (Phi) is 4.09. The number of cyclic esters (lactones) is 2. The number of carbonyl (C=O) groups is 3. The number of hydrogen-bond acceptors (Lipinski definition) is 7. The van der Waals surface area contributed by atoms with Crippen LogP contribution >= 0.6 is 0 Å². The normalized spacial score (nSPS) is 43.4. The summed E-state index contributed by atoms with van der Waals surface area (Å²) in [5, 5.41) is 0. The zero-order chi connectivity index (χ0) is 20.4. The topological polar surface area (TPSA) is 92.0 Å². The van der Waals surface area contributed by atoms with Crippen LogP contribution in [0, 0.1) is 28.6 Å². The van der Waals surface area contributed by atoms with E-state index in [9.17, 15) is 14.4 Å². The molecule has 2 aliphatic carbocycles. The maximum Gasteiger partial charge on any atom is 0.310 e. The van der Waals surface area contributed by atoms with E-state index in [4.69, 9.17) is 18.6 Å². The highest BCUT2D eigenvalue weighted by atomic mass is 16.6. The van der Waals surface area contributed by atoms with E-state index < -0.39 is 0 Å². The first-order valence-electron chi connectivity index (χ1n) is 10.4. The molecule has 7 nitrogen and oxygen atoms in total. The first-order valence-corrected chi connectivity index (χ1v) is 10.4. The summed E-state index contributed by atoms with van der Waals surface area (Å²) >= 11 is 0. The van der Waals surface area contributed by atoms with Crippen LogP contribution < -0.4 is 0 Å². The van der Waals surface area contributed by atoms with Crippen molar-refractivity contribution in [1.82, 2.24) is 0 Å². The molecule has 3 heterocycles. The van der Waals surface area contributed by atoms with Gasteiger partial charge in [0.05, 0.1) is 31.0 Å². The monoisotopic (exact) mass is 402 g/mol. The van der Waals surface area contributed by atoms with E-state index in [0.29, 0.717) is 32.3 Å². The Morgan fingerprint density at radius 1 is 1.21 bits per heavy atom. The Bertz CT molecular complexity index is 845. The Hall–Kier alpha value is -2.31. The Morgan fingerprint density at radius 3 is 2.76 bits per heavy atom. The number of esters is 3. The standard InChI is InChI=1S/C22H26O7/c1-12(23)28-14-7-16-19(24)27-11-22(16)5-3-15-20(25)29-17(13-4-6-26-10-13)9-21(15,2)18(22)8-14/h4,6,10,14-18H,3,5,7-9,11H2,1-2H3/t14-,15-,16-,17+,18+,21-,22+/m0/s1. The summed E-state index contributed by atoms with van der Waals surface area (Å²) in [6.07, 6.45) is 5.75. The molecular weight excluding hydrogens is 376 g/mol. The lowest BCUT2D eigenvalue weighted by Crippen LogP contribution is -2.60. The fraction of sp³-hybridized carbons (Fsp3) is 0.682. The van der Waals surface area contributed by atoms with E-state index in [1.807, 2.05) is 6.07 Å². The van der Waals surface area contributed by atoms with Crippen LogP contribution in [0.3, 0.4) is 0 Å². The van der Waals surface area contributed by atoms with Crippen LogP contribution in [0.5, 0.6) is 0 Å². The third-order valence-electron chi connectivity index (χ3n) is 8.06. The Labute approximate surface area is 169 Å². The summed E-state index contributed by atoms with van der Waals surface area (Å²) in [5.41, 5.74) is 0.179. The number of hydrogen-bond donors (Lipinski definition) is 0. The lowest BCUT2D eigenvalue weighted by molar-refractivity contribution is -0.208. The SMILES string of the molecule is CC(=O)O[C@@H]1C[C@@H]2[C@@]3(C)C[C@H](c4ccoc4)OC(=O)[C@@H]3CC[C@]23COC(=O)[C@@H]3C1. The van der Waals surface area contributed by atoms with Gasteiger partial charge in [-0.05, 0) is 49.5 Å². The number of carbonyl (C=O) groups excluding carboxylic acids is 3. The summed E-state index contributed by atoms with van der Waals surface area (Å²) < 4.78 is 22.1. The summed E-state index contributed by atoms with van der Waals surface area (Å²) in [4.78, 5) is 37.2. The maximum atomic E-state index is 13.0. The first kappa shape index (κ1) is 18.7. The zero-order valence-corrected chi connectivity index (χ0v) is 16.7. The lowest BCUT2D eigenvalue weighted by Gasteiger charge is -2.60. The van der Waals surface area contributed by atoms with Crippen molar-refractivity contribution in [3.05, 3.63) is 24.2 Å². The van der Waals surface area contributed by atoms with E-state index >= 15 is 0 Å². The van der Waals surface area contributed by atoms with Crippen LogP contribution in [0.25, 0.3) is 0 Å². The zero-order valence-electron chi connectivity index (χ0n) is 16.7. The van der Waals surface area contributed by atoms with Crippen molar-refractivity contribution in [3.8, 4) is 0 Å². The van der Waals surface area contributed by atoms with E-state index in [-0.39, 0.29) is 58.7 Å². The van der Waals surface area contributed by atoms with Gasteiger partial charge in [-0.1, -0.05) is 6.92 Å². The van der Waals surface area contributed by atoms with Crippen LogP contribution in [0.15, 0.2) is 23.0 Å². The fourth-order valence-corrected chi connectivity index (χ4v) is 6.81. The predicted molar refractivity (Wildman–Crippen MR) is 98.1 cm³/mol. The maximum absolute atomic E-state index is 13.0. The highest BCUT2D eigenvalue weighted by Gasteiger charge is 2.68. The molecule has 1 spiro atoms. The smallest absolute Gasteiger partial charge is 0.310 e. The molecule has 1 aromatic rings. The minimum atomic E-state index is -0.374. The van der Waals surface area contributed by atoms with Crippen molar-refractivity contribution < 1.29 is 33.0 Å². The molecule has 156 valence electrons. The second kappa shape index (κ2) is 6.34. The van der Waals surface area contributed by atoms with Crippen molar-refractivity contribution in [2.75, 3.05) is 6.61 Å². The molecule has 0 unspecified atom stereocenters. The van der Waals surface area contributed by atoms with Crippen molar-refractivity contribution >= 4 is 17.9 Å². The summed E-state index contributed by atoms with van der Waals surface area (Å²) in [7, 11) is 0. The van der Waals surface area contributed by atoms with Crippen molar-refractivity contribution in [2.45, 2.75) is 58.2 Å². The van der Waals surface area contributed by atoms with Gasteiger partial charge in [0.25, 0.3) is 0 Å². The minimum absolute atomic E-state index is 0.0329. The Balaban J connectivity index is 1.54. The van der Waals surface area contributed by atoms with Gasteiger partial charge in [0.15, 0.2) is 0 Å². The van der Waals surface area contributed by atoms with Crippen LogP contribution in [0.1, 0.15) is 57.6 Å². The molecule has 2 saturated heterocycles. The number of furan rings is 1. The van der Waals surface area contributed by atoms with Gasteiger partial charge >= 0.3 is 17.9 Å². The average molecular weight is 402 g/mol. The largest absolute Gasteiger partial charge is 0.472 e. The van der Waals surface area contributed by atoms with Gasteiger partial charge in [-0.2, -0.15) is 0 Å². The van der Waals surface area contributed by atoms with Gasteiger partial charge in [-0.25, -0.2) is 0 Å². The van der Waals surface area contributed by atoms with Crippen LogP contribution in [0.4, 0.5) is 0 Å². The van der Waals surface area contributed by atoms with Gasteiger partial charge in [0, 0.05) is 17.9 Å². The quantitative estimate of drug-likeness (QED) is 0.554. The van der Waals surface area contributed by atoms with Gasteiger partial charge < -0.3 is 18.6 Å². The molecule has 0 aromatic carbocycles. The van der Waals surface area contributed by atoms with E-state index in [2.05, 4.69) is 6.92 Å². The molecule has 0 N–H and O–H groups in total. The van der Waals surface area contributed by atoms with E-state index in [1.165, 1.54) is 6.92 Å². The van der Waals surface area contributed by atoms with Gasteiger partial charge in [0.1, 0.15) is 12.2 Å². The number of fused-ring (bicyclic) bond motifs is 2. The van der Waals surface area contributed by atoms with E-state index in [1.54, 1.807) is 12.5 Å². The Morgan fingerprint density at radius 2 is 2.03 bits per heavy atom. The first-order chi connectivity index (χ1) is 13.8. The number of ether oxygens (including phenoxy) is 3. The molecule has 5 rings (SSSR count). The van der Waals surface area contributed by atoms with Crippen molar-refractivity contribution in [3.63, 3.8) is 0 Å². The molecule has 2 aliphatic heterocycles. The molecule has 29 heavy (non-hydrogen) atoms. The summed E-state index contributed by atoms with van der Waals surface area (Å²) in [6, 6.07) is 1.83. The molecule has 4 aliphatic rings. The molecule has 0 radical (unpaired) electrons. The molecule has 2 saturated carbocycles. The molecule has 7 atom stereocenters. The van der Waals surface area contributed by atoms with Gasteiger partial charge in [-0.3, -0.25) is 14.4 Å². The molecule has 7 heteroatoms. The van der Waals surface area contributed by atoms with E-state index in [0.717, 1.165) is 12.0 Å². The highest BCUT2D eigenvalue weighted by Crippen LogP contribution is 2.67. The number of rotatable bonds is 2. The lowest BCUT2D eigenvalue weighted by atomic mass is 9.43. The molecule has 0 amide bonds.